The molecule has 2 heterocycles. The van der Waals surface area contributed by atoms with E-state index in [2.05, 4.69) is 23.6 Å². The number of amides is 1. The molecular formula is C26H44N4O5S. The van der Waals surface area contributed by atoms with Crippen LogP contribution in [-0.2, 0) is 19.6 Å². The monoisotopic (exact) mass is 524 g/mol. The summed E-state index contributed by atoms with van der Waals surface area (Å²) in [4.78, 5) is 19.9. The minimum absolute atomic E-state index is 0.0216. The minimum atomic E-state index is -3.68. The summed E-state index contributed by atoms with van der Waals surface area (Å²) >= 11 is 0. The van der Waals surface area contributed by atoms with Gasteiger partial charge in [-0.15, -0.1) is 0 Å². The first-order chi connectivity index (χ1) is 17.0. The molecule has 10 heteroatoms. The molecule has 204 valence electrons. The molecule has 1 amide bonds. The molecule has 0 spiro atoms. The zero-order valence-electron chi connectivity index (χ0n) is 22.8. The lowest BCUT2D eigenvalue weighted by Crippen LogP contribution is -2.55. The maximum absolute atomic E-state index is 13.1. The molecule has 0 unspecified atom stereocenters. The Morgan fingerprint density at radius 1 is 1.06 bits per heavy atom. The lowest BCUT2D eigenvalue weighted by Gasteiger charge is -2.43. The number of hydrogen-bond donors (Lipinski definition) is 0. The van der Waals surface area contributed by atoms with E-state index in [4.69, 9.17) is 9.47 Å². The number of likely N-dealkylation sites (N-methyl/N-ethyl adjacent to an activating group) is 1. The molecule has 0 radical (unpaired) electrons. The second-order valence-corrected chi connectivity index (χ2v) is 12.2. The van der Waals surface area contributed by atoms with Crippen molar-refractivity contribution in [2.24, 2.45) is 0 Å². The van der Waals surface area contributed by atoms with E-state index < -0.39 is 10.0 Å². The number of nitrogens with zero attached hydrogens (tertiary/aromatic N) is 4. The second-order valence-electron chi connectivity index (χ2n) is 10.2. The number of benzene rings is 1. The molecular weight excluding hydrogens is 480 g/mol. The van der Waals surface area contributed by atoms with Crippen LogP contribution in [0.1, 0.15) is 37.8 Å². The third-order valence-corrected chi connectivity index (χ3v) is 9.69. The van der Waals surface area contributed by atoms with Gasteiger partial charge in [-0.1, -0.05) is 0 Å². The quantitative estimate of drug-likeness (QED) is 0.433. The number of rotatable bonds is 10. The molecule has 0 aromatic heterocycles. The summed E-state index contributed by atoms with van der Waals surface area (Å²) in [7, 11) is -0.580. The molecule has 2 fully saturated rings. The van der Waals surface area contributed by atoms with Gasteiger partial charge in [-0.25, -0.2) is 8.42 Å². The fraction of sp³-hybridized carbons (Fsp3) is 0.731. The van der Waals surface area contributed by atoms with E-state index in [9.17, 15) is 13.2 Å². The van der Waals surface area contributed by atoms with Gasteiger partial charge in [0, 0.05) is 64.9 Å². The Morgan fingerprint density at radius 2 is 1.64 bits per heavy atom. The lowest BCUT2D eigenvalue weighted by atomic mass is 10.0. The Balaban J connectivity index is 1.40. The molecule has 36 heavy (non-hydrogen) atoms. The summed E-state index contributed by atoms with van der Waals surface area (Å²) in [6.07, 6.45) is 1.99. The zero-order chi connectivity index (χ0) is 26.5. The van der Waals surface area contributed by atoms with Crippen molar-refractivity contribution in [3.63, 3.8) is 0 Å². The van der Waals surface area contributed by atoms with E-state index in [1.165, 1.54) is 11.4 Å². The van der Waals surface area contributed by atoms with Gasteiger partial charge in [-0.05, 0) is 63.8 Å². The SMILES string of the molecule is COc1cc(C)c(S(=O)(=O)N(C)CCOCC(=O)N2CCC(N3CCN(C(C)C)CC3)CC2)c(C)c1. The number of likely N-dealkylation sites (tertiary alicyclic amines) is 1. The van der Waals surface area contributed by atoms with Gasteiger partial charge in [0.1, 0.15) is 12.4 Å². The van der Waals surface area contributed by atoms with Crippen LogP contribution in [0.3, 0.4) is 0 Å². The van der Waals surface area contributed by atoms with Crippen molar-refractivity contribution in [2.75, 3.05) is 73.2 Å². The molecule has 2 aliphatic heterocycles. The highest BCUT2D eigenvalue weighted by Crippen LogP contribution is 2.27. The molecule has 0 aliphatic carbocycles. The summed E-state index contributed by atoms with van der Waals surface area (Å²) in [5, 5.41) is 0. The smallest absolute Gasteiger partial charge is 0.248 e. The molecule has 1 aromatic carbocycles. The van der Waals surface area contributed by atoms with E-state index in [1.807, 2.05) is 4.90 Å². The van der Waals surface area contributed by atoms with Crippen molar-refractivity contribution in [1.29, 1.82) is 0 Å². The van der Waals surface area contributed by atoms with Crippen LogP contribution in [0.15, 0.2) is 17.0 Å². The molecule has 2 aliphatic rings. The van der Waals surface area contributed by atoms with Gasteiger partial charge in [-0.3, -0.25) is 14.6 Å². The standard InChI is InChI=1S/C26H44N4O5S/c1-20(2)28-11-13-29(14-12-28)23-7-9-30(10-8-23)25(31)19-35-16-15-27(5)36(32,33)26-21(3)17-24(34-6)18-22(26)4/h17-18,20,23H,7-16,19H2,1-6H3. The van der Waals surface area contributed by atoms with Crippen molar-refractivity contribution < 1.29 is 22.7 Å². The number of hydrogen-bond acceptors (Lipinski definition) is 7. The zero-order valence-corrected chi connectivity index (χ0v) is 23.6. The summed E-state index contributed by atoms with van der Waals surface area (Å²) in [5.41, 5.74) is 1.28. The molecule has 0 atom stereocenters. The number of carbonyl (C=O) groups is 1. The lowest BCUT2D eigenvalue weighted by molar-refractivity contribution is -0.137. The van der Waals surface area contributed by atoms with Crippen LogP contribution in [-0.4, -0.2) is 119 Å². The fourth-order valence-corrected chi connectivity index (χ4v) is 6.81. The van der Waals surface area contributed by atoms with Gasteiger partial charge in [0.2, 0.25) is 15.9 Å². The Kier molecular flexibility index (Phi) is 10.2. The maximum Gasteiger partial charge on any atom is 0.248 e. The highest BCUT2D eigenvalue weighted by Gasteiger charge is 2.30. The topological polar surface area (TPSA) is 82.6 Å². The number of carbonyl (C=O) groups excluding carboxylic acids is 1. The normalized spacial score (nSPS) is 18.8. The Morgan fingerprint density at radius 3 is 2.17 bits per heavy atom. The molecule has 0 N–H and O–H groups in total. The van der Waals surface area contributed by atoms with E-state index in [1.54, 1.807) is 33.1 Å². The first kappa shape index (κ1) is 28.8. The predicted molar refractivity (Wildman–Crippen MR) is 141 cm³/mol. The highest BCUT2D eigenvalue weighted by molar-refractivity contribution is 7.89. The number of methoxy groups -OCH3 is 1. The molecule has 3 rings (SSSR count). The number of aryl methyl sites for hydroxylation is 2. The van der Waals surface area contributed by atoms with Crippen LogP contribution in [0.2, 0.25) is 0 Å². The average Bonchev–Trinajstić information content (AvgIpc) is 2.85. The maximum atomic E-state index is 13.1. The van der Waals surface area contributed by atoms with Gasteiger partial charge >= 0.3 is 0 Å². The molecule has 0 bridgehead atoms. The van der Waals surface area contributed by atoms with Gasteiger partial charge < -0.3 is 14.4 Å². The summed E-state index contributed by atoms with van der Waals surface area (Å²) < 4.78 is 38.3. The Labute approximate surface area is 217 Å². The first-order valence-electron chi connectivity index (χ1n) is 13.0. The number of piperidine rings is 1. The van der Waals surface area contributed by atoms with Gasteiger partial charge in [0.15, 0.2) is 0 Å². The van der Waals surface area contributed by atoms with Crippen molar-refractivity contribution in [2.45, 2.75) is 57.5 Å². The highest BCUT2D eigenvalue weighted by atomic mass is 32.2. The Hall–Kier alpha value is -1.72. The summed E-state index contributed by atoms with van der Waals surface area (Å²) in [5.74, 6) is 0.608. The van der Waals surface area contributed by atoms with Crippen molar-refractivity contribution in [3.8, 4) is 5.75 Å². The largest absolute Gasteiger partial charge is 0.497 e. The van der Waals surface area contributed by atoms with Crippen molar-refractivity contribution in [1.82, 2.24) is 19.0 Å². The molecule has 2 saturated heterocycles. The molecule has 0 saturated carbocycles. The fourth-order valence-electron chi connectivity index (χ4n) is 5.25. The number of ether oxygens (including phenoxy) is 2. The first-order valence-corrected chi connectivity index (χ1v) is 14.4. The van der Waals surface area contributed by atoms with Crippen LogP contribution in [0.5, 0.6) is 5.75 Å². The van der Waals surface area contributed by atoms with Crippen molar-refractivity contribution >= 4 is 15.9 Å². The minimum Gasteiger partial charge on any atom is -0.497 e. The van der Waals surface area contributed by atoms with Gasteiger partial charge in [-0.2, -0.15) is 4.31 Å². The van der Waals surface area contributed by atoms with Crippen LogP contribution < -0.4 is 4.74 Å². The molecule has 9 nitrogen and oxygen atoms in total. The Bertz CT molecular complexity index is 961. The third kappa shape index (κ3) is 6.98. The van der Waals surface area contributed by atoms with Crippen molar-refractivity contribution in [3.05, 3.63) is 23.3 Å². The van der Waals surface area contributed by atoms with Gasteiger partial charge in [0.25, 0.3) is 0 Å². The summed E-state index contributed by atoms with van der Waals surface area (Å²) in [6.45, 7) is 14.3. The van der Waals surface area contributed by atoms with E-state index in [0.29, 0.717) is 29.0 Å². The number of sulfonamides is 1. The van der Waals surface area contributed by atoms with Crippen LogP contribution >= 0.6 is 0 Å². The molecule has 1 aromatic rings. The number of piperazine rings is 1. The van der Waals surface area contributed by atoms with E-state index >= 15 is 0 Å². The third-order valence-electron chi connectivity index (χ3n) is 7.53. The van der Waals surface area contributed by atoms with E-state index in [0.717, 1.165) is 52.1 Å². The summed E-state index contributed by atoms with van der Waals surface area (Å²) in [6, 6.07) is 4.59. The van der Waals surface area contributed by atoms with E-state index in [-0.39, 0.29) is 30.6 Å². The van der Waals surface area contributed by atoms with Gasteiger partial charge in [0.05, 0.1) is 18.6 Å². The van der Waals surface area contributed by atoms with Crippen LogP contribution in [0.4, 0.5) is 0 Å². The predicted octanol–water partition coefficient (Wildman–Crippen LogP) is 1.97. The average molecular weight is 525 g/mol. The van der Waals surface area contributed by atoms with Crippen LogP contribution in [0, 0.1) is 13.8 Å². The van der Waals surface area contributed by atoms with Crippen LogP contribution in [0.25, 0.3) is 0 Å². The second kappa shape index (κ2) is 12.7.